The molecule has 2 rings (SSSR count). The van der Waals surface area contributed by atoms with Crippen LogP contribution in [0.1, 0.15) is 11.3 Å². The molecule has 0 spiro atoms. The lowest BCUT2D eigenvalue weighted by atomic mass is 10.2. The molecule has 0 saturated carbocycles. The highest BCUT2D eigenvalue weighted by atomic mass is 16.1. The van der Waals surface area contributed by atoms with E-state index >= 15 is 0 Å². The van der Waals surface area contributed by atoms with Crippen LogP contribution < -0.4 is 5.56 Å². The highest BCUT2D eigenvalue weighted by Crippen LogP contribution is 2.15. The van der Waals surface area contributed by atoms with E-state index in [9.17, 15) is 4.79 Å². The normalized spacial score (nSPS) is 10.8. The smallest absolute Gasteiger partial charge is 0.288 e. The van der Waals surface area contributed by atoms with Crippen molar-refractivity contribution in [1.29, 1.82) is 0 Å². The minimum absolute atomic E-state index is 0.163. The van der Waals surface area contributed by atoms with Crippen LogP contribution in [-0.2, 0) is 0 Å². The van der Waals surface area contributed by atoms with Gasteiger partial charge in [0.25, 0.3) is 5.56 Å². The maximum atomic E-state index is 11.2. The minimum Gasteiger partial charge on any atom is -0.356 e. The van der Waals surface area contributed by atoms with Crippen molar-refractivity contribution in [3.05, 3.63) is 27.8 Å². The fourth-order valence-electron chi connectivity index (χ4n) is 1.41. The number of H-pyrrole nitrogens is 2. The van der Waals surface area contributed by atoms with Gasteiger partial charge in [0.1, 0.15) is 5.52 Å². The first kappa shape index (κ1) is 7.09. The summed E-state index contributed by atoms with van der Waals surface area (Å²) in [5.74, 6) is 0. The lowest BCUT2D eigenvalue weighted by molar-refractivity contribution is 0.967. The monoisotopic (exact) mass is 163 g/mol. The summed E-state index contributed by atoms with van der Waals surface area (Å²) in [5.41, 5.74) is 2.35. The largest absolute Gasteiger partial charge is 0.356 e. The van der Waals surface area contributed by atoms with Crippen LogP contribution in [0.4, 0.5) is 0 Å². The molecule has 2 N–H and O–H groups in total. The third kappa shape index (κ3) is 0.777. The Balaban J connectivity index is 3.09. The van der Waals surface area contributed by atoms with Crippen LogP contribution in [0.25, 0.3) is 10.9 Å². The molecule has 0 radical (unpaired) electrons. The van der Waals surface area contributed by atoms with Gasteiger partial charge in [0.15, 0.2) is 0 Å². The molecule has 0 saturated heterocycles. The number of rotatable bonds is 0. The molecule has 0 atom stereocenters. The van der Waals surface area contributed by atoms with Crippen molar-refractivity contribution in [3.8, 4) is 0 Å². The summed E-state index contributed by atoms with van der Waals surface area (Å²) >= 11 is 0. The average molecular weight is 163 g/mol. The standard InChI is InChI=1S/C8H9N3O/c1-4-3-9-7-6(4)5(2)10-11-8(7)12/h3,9H,1-2H3,(H,11,12). The number of nitrogens with zero attached hydrogens (tertiary/aromatic N) is 1. The van der Waals surface area contributed by atoms with E-state index in [0.717, 1.165) is 16.6 Å². The predicted octanol–water partition coefficient (Wildman–Crippen LogP) is 0.868. The van der Waals surface area contributed by atoms with E-state index in [-0.39, 0.29) is 5.56 Å². The van der Waals surface area contributed by atoms with Crippen LogP contribution >= 0.6 is 0 Å². The molecule has 2 heterocycles. The molecule has 2 aromatic rings. The van der Waals surface area contributed by atoms with Gasteiger partial charge in [0.05, 0.1) is 5.69 Å². The van der Waals surface area contributed by atoms with Crippen LogP contribution in [0.2, 0.25) is 0 Å². The summed E-state index contributed by atoms with van der Waals surface area (Å²) in [7, 11) is 0. The van der Waals surface area contributed by atoms with E-state index in [4.69, 9.17) is 0 Å². The van der Waals surface area contributed by atoms with Gasteiger partial charge in [-0.25, -0.2) is 5.10 Å². The Labute approximate surface area is 68.6 Å². The molecule has 0 aliphatic heterocycles. The Hall–Kier alpha value is -1.58. The molecule has 62 valence electrons. The topological polar surface area (TPSA) is 61.5 Å². The second-order valence-electron chi connectivity index (χ2n) is 2.86. The van der Waals surface area contributed by atoms with Crippen LogP contribution in [0.5, 0.6) is 0 Å². The van der Waals surface area contributed by atoms with Crippen molar-refractivity contribution >= 4 is 10.9 Å². The molecule has 4 nitrogen and oxygen atoms in total. The number of aryl methyl sites for hydroxylation is 2. The fourth-order valence-corrected chi connectivity index (χ4v) is 1.41. The van der Waals surface area contributed by atoms with Crippen LogP contribution in [0.3, 0.4) is 0 Å². The molecule has 0 fully saturated rings. The first-order valence-electron chi connectivity index (χ1n) is 3.73. The second-order valence-corrected chi connectivity index (χ2v) is 2.86. The van der Waals surface area contributed by atoms with Gasteiger partial charge < -0.3 is 4.98 Å². The minimum atomic E-state index is -0.163. The van der Waals surface area contributed by atoms with E-state index in [1.807, 2.05) is 20.0 Å². The lowest BCUT2D eigenvalue weighted by Gasteiger charge is -1.93. The Morgan fingerprint density at radius 1 is 1.42 bits per heavy atom. The van der Waals surface area contributed by atoms with E-state index < -0.39 is 0 Å². The molecule has 12 heavy (non-hydrogen) atoms. The highest BCUT2D eigenvalue weighted by molar-refractivity contribution is 5.83. The third-order valence-electron chi connectivity index (χ3n) is 1.99. The van der Waals surface area contributed by atoms with Crippen molar-refractivity contribution in [2.45, 2.75) is 13.8 Å². The van der Waals surface area contributed by atoms with Crippen LogP contribution in [-0.4, -0.2) is 15.2 Å². The van der Waals surface area contributed by atoms with Crippen molar-refractivity contribution in [1.82, 2.24) is 15.2 Å². The summed E-state index contributed by atoms with van der Waals surface area (Å²) in [6, 6.07) is 0. The first-order chi connectivity index (χ1) is 5.70. The molecule has 0 unspecified atom stereocenters. The van der Waals surface area contributed by atoms with Crippen LogP contribution in [0, 0.1) is 13.8 Å². The first-order valence-corrected chi connectivity index (χ1v) is 3.73. The number of hydrogen-bond acceptors (Lipinski definition) is 2. The van der Waals surface area contributed by atoms with Gasteiger partial charge in [-0.15, -0.1) is 0 Å². The zero-order valence-corrected chi connectivity index (χ0v) is 6.93. The highest BCUT2D eigenvalue weighted by Gasteiger charge is 2.06. The molecule has 0 aliphatic carbocycles. The number of hydrogen-bond donors (Lipinski definition) is 2. The molecule has 0 bridgehead atoms. The summed E-state index contributed by atoms with van der Waals surface area (Å²) in [5, 5.41) is 7.23. The SMILES string of the molecule is Cc1c[nH]c2c(=O)[nH]nc(C)c12. The Morgan fingerprint density at radius 2 is 2.17 bits per heavy atom. The van der Waals surface area contributed by atoms with Gasteiger partial charge in [-0.1, -0.05) is 0 Å². The van der Waals surface area contributed by atoms with Crippen LogP contribution in [0.15, 0.2) is 11.0 Å². The maximum absolute atomic E-state index is 11.2. The molecule has 0 amide bonds. The zero-order chi connectivity index (χ0) is 8.72. The van der Waals surface area contributed by atoms with Gasteiger partial charge in [-0.3, -0.25) is 4.79 Å². The van der Waals surface area contributed by atoms with Crippen molar-refractivity contribution in [2.75, 3.05) is 0 Å². The quantitative estimate of drug-likeness (QED) is 0.605. The van der Waals surface area contributed by atoms with Crippen molar-refractivity contribution in [3.63, 3.8) is 0 Å². The van der Waals surface area contributed by atoms with E-state index in [0.29, 0.717) is 5.52 Å². The summed E-state index contributed by atoms with van der Waals surface area (Å²) in [4.78, 5) is 14.1. The molecule has 0 aromatic carbocycles. The fraction of sp³-hybridized carbons (Fsp3) is 0.250. The number of fused-ring (bicyclic) bond motifs is 1. The van der Waals surface area contributed by atoms with Gasteiger partial charge in [-0.05, 0) is 19.4 Å². The molecule has 4 heteroatoms. The second kappa shape index (κ2) is 2.20. The van der Waals surface area contributed by atoms with Gasteiger partial charge in [0, 0.05) is 11.6 Å². The molecule has 2 aromatic heterocycles. The Kier molecular flexibility index (Phi) is 1.30. The Morgan fingerprint density at radius 3 is 2.83 bits per heavy atom. The van der Waals surface area contributed by atoms with E-state index in [1.165, 1.54) is 0 Å². The number of aromatic amines is 2. The van der Waals surface area contributed by atoms with Gasteiger partial charge in [-0.2, -0.15) is 5.10 Å². The number of nitrogens with one attached hydrogen (secondary N) is 2. The summed E-state index contributed by atoms with van der Waals surface area (Å²) < 4.78 is 0. The average Bonchev–Trinajstić information content (AvgIpc) is 2.42. The summed E-state index contributed by atoms with van der Waals surface area (Å²) in [6.45, 7) is 3.83. The van der Waals surface area contributed by atoms with E-state index in [2.05, 4.69) is 15.2 Å². The number of aromatic nitrogens is 3. The van der Waals surface area contributed by atoms with Gasteiger partial charge in [0.2, 0.25) is 0 Å². The third-order valence-corrected chi connectivity index (χ3v) is 1.99. The summed E-state index contributed by atoms with van der Waals surface area (Å²) in [6.07, 6.45) is 1.81. The van der Waals surface area contributed by atoms with Crippen molar-refractivity contribution < 1.29 is 0 Å². The molecular weight excluding hydrogens is 154 g/mol. The Bertz CT molecular complexity index is 480. The zero-order valence-electron chi connectivity index (χ0n) is 6.93. The van der Waals surface area contributed by atoms with E-state index in [1.54, 1.807) is 0 Å². The molecular formula is C8H9N3O. The van der Waals surface area contributed by atoms with Gasteiger partial charge >= 0.3 is 0 Å². The molecule has 0 aliphatic rings. The lowest BCUT2D eigenvalue weighted by Crippen LogP contribution is -2.09. The predicted molar refractivity (Wildman–Crippen MR) is 46.2 cm³/mol. The maximum Gasteiger partial charge on any atom is 0.288 e. The van der Waals surface area contributed by atoms with Crippen molar-refractivity contribution in [2.24, 2.45) is 0 Å².